The van der Waals surface area contributed by atoms with E-state index in [9.17, 15) is 0 Å². The summed E-state index contributed by atoms with van der Waals surface area (Å²) in [6.07, 6.45) is 0.949. The smallest absolute Gasteiger partial charge is 0.118 e. The molecule has 112 valence electrons. The summed E-state index contributed by atoms with van der Waals surface area (Å²) in [5, 5.41) is 3.54. The Kier molecular flexibility index (Phi) is 5.64. The van der Waals surface area contributed by atoms with Crippen LogP contribution in [-0.4, -0.2) is 20.8 Å². The molecule has 2 rings (SSSR count). The first-order valence-electron chi connectivity index (χ1n) is 7.27. The van der Waals surface area contributed by atoms with Gasteiger partial charge in [-0.1, -0.05) is 31.2 Å². The van der Waals surface area contributed by atoms with E-state index in [1.54, 1.807) is 14.2 Å². The van der Waals surface area contributed by atoms with Gasteiger partial charge in [-0.3, -0.25) is 0 Å². The summed E-state index contributed by atoms with van der Waals surface area (Å²) in [4.78, 5) is 0. The summed E-state index contributed by atoms with van der Waals surface area (Å²) >= 11 is 0. The summed E-state index contributed by atoms with van der Waals surface area (Å²) < 4.78 is 10.4. The standard InChI is InChI=1S/C18H23NO2/c1-4-19-18(15-7-11-17(21-3)12-8-15)13-14-5-9-16(20-2)10-6-14/h5-12,18-19H,4,13H2,1-3H3. The van der Waals surface area contributed by atoms with Crippen molar-refractivity contribution in [2.24, 2.45) is 0 Å². The van der Waals surface area contributed by atoms with Gasteiger partial charge >= 0.3 is 0 Å². The maximum atomic E-state index is 5.22. The first-order chi connectivity index (χ1) is 10.3. The Labute approximate surface area is 126 Å². The van der Waals surface area contributed by atoms with E-state index in [1.165, 1.54) is 11.1 Å². The van der Waals surface area contributed by atoms with Crippen molar-refractivity contribution in [1.29, 1.82) is 0 Å². The molecule has 0 radical (unpaired) electrons. The maximum Gasteiger partial charge on any atom is 0.118 e. The molecule has 0 spiro atoms. The van der Waals surface area contributed by atoms with Crippen LogP contribution in [0.25, 0.3) is 0 Å². The van der Waals surface area contributed by atoms with Gasteiger partial charge in [-0.15, -0.1) is 0 Å². The Balaban J connectivity index is 2.13. The molecule has 0 saturated carbocycles. The second-order valence-electron chi connectivity index (χ2n) is 4.94. The monoisotopic (exact) mass is 285 g/mol. The number of rotatable bonds is 7. The van der Waals surface area contributed by atoms with Crippen molar-refractivity contribution in [1.82, 2.24) is 5.32 Å². The van der Waals surface area contributed by atoms with Crippen molar-refractivity contribution in [3.05, 3.63) is 59.7 Å². The van der Waals surface area contributed by atoms with Gasteiger partial charge in [0.15, 0.2) is 0 Å². The number of hydrogen-bond acceptors (Lipinski definition) is 3. The van der Waals surface area contributed by atoms with Crippen LogP contribution in [0.2, 0.25) is 0 Å². The summed E-state index contributed by atoms with van der Waals surface area (Å²) in [5.74, 6) is 1.78. The van der Waals surface area contributed by atoms with Crippen LogP contribution in [0.1, 0.15) is 24.1 Å². The van der Waals surface area contributed by atoms with E-state index in [-0.39, 0.29) is 0 Å². The number of ether oxygens (including phenoxy) is 2. The van der Waals surface area contributed by atoms with Gasteiger partial charge in [0.25, 0.3) is 0 Å². The Bertz CT molecular complexity index is 534. The lowest BCUT2D eigenvalue weighted by Crippen LogP contribution is -2.22. The summed E-state index contributed by atoms with van der Waals surface area (Å²) in [7, 11) is 3.38. The highest BCUT2D eigenvalue weighted by molar-refractivity contribution is 5.32. The van der Waals surface area contributed by atoms with E-state index in [1.807, 2.05) is 24.3 Å². The highest BCUT2D eigenvalue weighted by Gasteiger charge is 2.11. The molecule has 0 aromatic heterocycles. The molecular formula is C18H23NO2. The zero-order chi connectivity index (χ0) is 15.1. The molecule has 0 heterocycles. The molecule has 3 heteroatoms. The minimum atomic E-state index is 0.300. The Morgan fingerprint density at radius 1 is 0.857 bits per heavy atom. The molecule has 1 atom stereocenters. The molecule has 2 aromatic carbocycles. The third-order valence-electron chi connectivity index (χ3n) is 3.57. The molecule has 1 unspecified atom stereocenters. The lowest BCUT2D eigenvalue weighted by molar-refractivity contribution is 0.414. The number of hydrogen-bond donors (Lipinski definition) is 1. The third-order valence-corrected chi connectivity index (χ3v) is 3.57. The van der Waals surface area contributed by atoms with Gasteiger partial charge in [0, 0.05) is 6.04 Å². The van der Waals surface area contributed by atoms with Gasteiger partial charge in [0.1, 0.15) is 11.5 Å². The molecule has 2 aromatic rings. The van der Waals surface area contributed by atoms with Crippen LogP contribution >= 0.6 is 0 Å². The largest absolute Gasteiger partial charge is 0.497 e. The average molecular weight is 285 g/mol. The Hall–Kier alpha value is -2.00. The molecule has 0 aliphatic heterocycles. The SMILES string of the molecule is CCNC(Cc1ccc(OC)cc1)c1ccc(OC)cc1. The predicted octanol–water partition coefficient (Wildman–Crippen LogP) is 3.60. The minimum absolute atomic E-state index is 0.300. The van der Waals surface area contributed by atoms with E-state index in [0.717, 1.165) is 24.5 Å². The van der Waals surface area contributed by atoms with Gasteiger partial charge in [-0.2, -0.15) is 0 Å². The highest BCUT2D eigenvalue weighted by atomic mass is 16.5. The molecule has 0 bridgehead atoms. The van der Waals surface area contributed by atoms with Crippen molar-refractivity contribution >= 4 is 0 Å². The van der Waals surface area contributed by atoms with Gasteiger partial charge in [-0.25, -0.2) is 0 Å². The van der Waals surface area contributed by atoms with Crippen LogP contribution in [0, 0.1) is 0 Å². The Morgan fingerprint density at radius 3 is 1.86 bits per heavy atom. The van der Waals surface area contributed by atoms with Crippen LogP contribution < -0.4 is 14.8 Å². The fraction of sp³-hybridized carbons (Fsp3) is 0.333. The molecule has 0 amide bonds. The molecule has 0 aliphatic rings. The van der Waals surface area contributed by atoms with E-state index < -0.39 is 0 Å². The minimum Gasteiger partial charge on any atom is -0.497 e. The van der Waals surface area contributed by atoms with Crippen LogP contribution in [0.15, 0.2) is 48.5 Å². The second-order valence-corrected chi connectivity index (χ2v) is 4.94. The molecule has 0 saturated heterocycles. The lowest BCUT2D eigenvalue weighted by atomic mass is 9.98. The van der Waals surface area contributed by atoms with Crippen molar-refractivity contribution in [3.8, 4) is 11.5 Å². The second kappa shape index (κ2) is 7.70. The van der Waals surface area contributed by atoms with Gasteiger partial charge in [-0.05, 0) is 48.4 Å². The Morgan fingerprint density at radius 2 is 1.38 bits per heavy atom. The maximum absolute atomic E-state index is 5.22. The first-order valence-corrected chi connectivity index (χ1v) is 7.27. The fourth-order valence-corrected chi connectivity index (χ4v) is 2.39. The van der Waals surface area contributed by atoms with Crippen molar-refractivity contribution in [3.63, 3.8) is 0 Å². The van der Waals surface area contributed by atoms with Crippen LogP contribution in [-0.2, 0) is 6.42 Å². The van der Waals surface area contributed by atoms with Crippen LogP contribution in [0.3, 0.4) is 0 Å². The molecule has 0 fully saturated rings. The van der Waals surface area contributed by atoms with Crippen molar-refractivity contribution in [2.75, 3.05) is 20.8 Å². The number of nitrogens with one attached hydrogen (secondary N) is 1. The fourth-order valence-electron chi connectivity index (χ4n) is 2.39. The van der Waals surface area contributed by atoms with E-state index >= 15 is 0 Å². The summed E-state index contributed by atoms with van der Waals surface area (Å²) in [5.41, 5.74) is 2.56. The van der Waals surface area contributed by atoms with E-state index in [4.69, 9.17) is 9.47 Å². The van der Waals surface area contributed by atoms with E-state index in [2.05, 4.69) is 36.5 Å². The number of methoxy groups -OCH3 is 2. The summed E-state index contributed by atoms with van der Waals surface area (Å²) in [6, 6.07) is 16.8. The number of benzene rings is 2. The molecule has 0 aliphatic carbocycles. The highest BCUT2D eigenvalue weighted by Crippen LogP contribution is 2.22. The third kappa shape index (κ3) is 4.23. The normalized spacial score (nSPS) is 12.0. The summed E-state index contributed by atoms with van der Waals surface area (Å²) in [6.45, 7) is 3.07. The topological polar surface area (TPSA) is 30.5 Å². The molecule has 1 N–H and O–H groups in total. The van der Waals surface area contributed by atoms with Crippen LogP contribution in [0.5, 0.6) is 11.5 Å². The van der Waals surface area contributed by atoms with Gasteiger partial charge in [0.2, 0.25) is 0 Å². The number of likely N-dealkylation sites (N-methyl/N-ethyl adjacent to an activating group) is 1. The lowest BCUT2D eigenvalue weighted by Gasteiger charge is -2.19. The predicted molar refractivity (Wildman–Crippen MR) is 86.1 cm³/mol. The quantitative estimate of drug-likeness (QED) is 0.843. The van der Waals surface area contributed by atoms with Crippen molar-refractivity contribution < 1.29 is 9.47 Å². The van der Waals surface area contributed by atoms with Gasteiger partial charge in [0.05, 0.1) is 14.2 Å². The zero-order valence-electron chi connectivity index (χ0n) is 12.9. The van der Waals surface area contributed by atoms with Gasteiger partial charge < -0.3 is 14.8 Å². The first kappa shape index (κ1) is 15.4. The average Bonchev–Trinajstić information content (AvgIpc) is 2.55. The molecular weight excluding hydrogens is 262 g/mol. The van der Waals surface area contributed by atoms with Crippen molar-refractivity contribution in [2.45, 2.75) is 19.4 Å². The molecule has 3 nitrogen and oxygen atoms in total. The van der Waals surface area contributed by atoms with E-state index in [0.29, 0.717) is 6.04 Å². The van der Waals surface area contributed by atoms with Crippen LogP contribution in [0.4, 0.5) is 0 Å². The molecule has 21 heavy (non-hydrogen) atoms. The zero-order valence-corrected chi connectivity index (χ0v) is 12.9.